The first-order valence-corrected chi connectivity index (χ1v) is 9.28. The summed E-state index contributed by atoms with van der Waals surface area (Å²) < 4.78 is 13.1. The molecule has 7 heteroatoms. The molecule has 5 nitrogen and oxygen atoms in total. The van der Waals surface area contributed by atoms with E-state index in [9.17, 15) is 0 Å². The van der Waals surface area contributed by atoms with Gasteiger partial charge in [0.05, 0.1) is 34.6 Å². The third kappa shape index (κ3) is 4.67. The second kappa shape index (κ2) is 8.41. The van der Waals surface area contributed by atoms with Gasteiger partial charge in [0.2, 0.25) is 5.88 Å². The van der Waals surface area contributed by atoms with Gasteiger partial charge in [0, 0.05) is 25.7 Å². The fraction of sp³-hybridized carbons (Fsp3) is 0.500. The molecular weight excluding hydrogens is 361 g/mol. The van der Waals surface area contributed by atoms with Crippen molar-refractivity contribution in [2.75, 3.05) is 39.5 Å². The molecule has 0 unspecified atom stereocenters. The lowest BCUT2D eigenvalue weighted by molar-refractivity contribution is 0.0320. The Kier molecular flexibility index (Phi) is 6.23. The molecular formula is C18H23Cl2N3O2. The van der Waals surface area contributed by atoms with Crippen LogP contribution in [-0.4, -0.2) is 54.1 Å². The smallest absolute Gasteiger partial charge is 0.233 e. The topological polar surface area (TPSA) is 39.5 Å². The van der Waals surface area contributed by atoms with Gasteiger partial charge in [-0.25, -0.2) is 4.68 Å². The van der Waals surface area contributed by atoms with Gasteiger partial charge in [0.25, 0.3) is 0 Å². The Balaban J connectivity index is 1.71. The molecule has 1 aromatic heterocycles. The maximum atomic E-state index is 6.15. The molecule has 1 fully saturated rings. The van der Waals surface area contributed by atoms with Crippen molar-refractivity contribution in [3.05, 3.63) is 40.0 Å². The minimum atomic E-state index is 0.304. The van der Waals surface area contributed by atoms with Crippen LogP contribution in [0, 0.1) is 0 Å². The van der Waals surface area contributed by atoms with Crippen molar-refractivity contribution in [3.8, 4) is 11.6 Å². The number of rotatable bonds is 6. The summed E-state index contributed by atoms with van der Waals surface area (Å²) in [4.78, 5) is 2.34. The predicted molar refractivity (Wildman–Crippen MR) is 100 cm³/mol. The second-order valence-corrected chi connectivity index (χ2v) is 7.19. The lowest BCUT2D eigenvalue weighted by Crippen LogP contribution is -2.38. The molecule has 0 spiro atoms. The van der Waals surface area contributed by atoms with Gasteiger partial charge in [-0.3, -0.25) is 4.90 Å². The molecule has 0 radical (unpaired) electrons. The Morgan fingerprint density at radius 1 is 1.16 bits per heavy atom. The van der Waals surface area contributed by atoms with Gasteiger partial charge in [0.1, 0.15) is 6.61 Å². The van der Waals surface area contributed by atoms with E-state index in [2.05, 4.69) is 23.8 Å². The number of halogens is 2. The summed E-state index contributed by atoms with van der Waals surface area (Å²) >= 11 is 12.2. The number of benzene rings is 1. The highest BCUT2D eigenvalue weighted by atomic mass is 35.5. The fourth-order valence-electron chi connectivity index (χ4n) is 2.78. The molecule has 1 aliphatic heterocycles. The van der Waals surface area contributed by atoms with Crippen LogP contribution < -0.4 is 4.74 Å². The number of hydrogen-bond acceptors (Lipinski definition) is 4. The number of aromatic nitrogens is 2. The molecule has 0 N–H and O–H groups in total. The molecule has 0 saturated carbocycles. The molecule has 1 aromatic carbocycles. The SMILES string of the molecule is CC(C)c1cc(OCCN2CCOCC2)nn1-c1ccc(Cl)c(Cl)c1. The van der Waals surface area contributed by atoms with Crippen molar-refractivity contribution in [1.82, 2.24) is 14.7 Å². The summed E-state index contributed by atoms with van der Waals surface area (Å²) in [6.07, 6.45) is 0. The summed E-state index contributed by atoms with van der Waals surface area (Å²) in [5, 5.41) is 5.65. The minimum absolute atomic E-state index is 0.304. The van der Waals surface area contributed by atoms with Crippen LogP contribution >= 0.6 is 23.2 Å². The van der Waals surface area contributed by atoms with Gasteiger partial charge in [-0.2, -0.15) is 0 Å². The summed E-state index contributed by atoms with van der Waals surface area (Å²) in [5.41, 5.74) is 1.95. The third-order valence-electron chi connectivity index (χ3n) is 4.21. The maximum Gasteiger partial charge on any atom is 0.233 e. The molecule has 25 heavy (non-hydrogen) atoms. The molecule has 0 aliphatic carbocycles. The van der Waals surface area contributed by atoms with E-state index in [-0.39, 0.29) is 0 Å². The minimum Gasteiger partial charge on any atom is -0.475 e. The van der Waals surface area contributed by atoms with Crippen LogP contribution in [0.5, 0.6) is 5.88 Å². The van der Waals surface area contributed by atoms with E-state index in [0.717, 1.165) is 44.2 Å². The Bertz CT molecular complexity index is 712. The number of nitrogens with zero attached hydrogens (tertiary/aromatic N) is 3. The fourth-order valence-corrected chi connectivity index (χ4v) is 3.07. The Morgan fingerprint density at radius 2 is 1.92 bits per heavy atom. The van der Waals surface area contributed by atoms with Crippen molar-refractivity contribution in [2.45, 2.75) is 19.8 Å². The van der Waals surface area contributed by atoms with Gasteiger partial charge in [0.15, 0.2) is 0 Å². The molecule has 2 aromatic rings. The first-order chi connectivity index (χ1) is 12.0. The van der Waals surface area contributed by atoms with Crippen LogP contribution in [0.1, 0.15) is 25.5 Å². The molecule has 0 bridgehead atoms. The van der Waals surface area contributed by atoms with E-state index in [1.165, 1.54) is 0 Å². The first kappa shape index (κ1) is 18.5. The standard InChI is InChI=1S/C18H23Cl2N3O2/c1-13(2)17-12-18(25-10-7-22-5-8-24-9-6-22)21-23(17)14-3-4-15(19)16(20)11-14/h3-4,11-13H,5-10H2,1-2H3. The third-order valence-corrected chi connectivity index (χ3v) is 4.95. The largest absolute Gasteiger partial charge is 0.475 e. The average Bonchev–Trinajstić information content (AvgIpc) is 3.03. The average molecular weight is 384 g/mol. The first-order valence-electron chi connectivity index (χ1n) is 8.53. The normalized spacial score (nSPS) is 15.7. The van der Waals surface area contributed by atoms with Crippen LogP contribution in [0.4, 0.5) is 0 Å². The quantitative estimate of drug-likeness (QED) is 0.755. The van der Waals surface area contributed by atoms with Crippen molar-refractivity contribution >= 4 is 23.2 Å². The van der Waals surface area contributed by atoms with Crippen LogP contribution in [0.15, 0.2) is 24.3 Å². The van der Waals surface area contributed by atoms with Crippen LogP contribution in [0.2, 0.25) is 10.0 Å². The van der Waals surface area contributed by atoms with Gasteiger partial charge in [-0.1, -0.05) is 37.0 Å². The second-order valence-electron chi connectivity index (χ2n) is 6.37. The molecule has 3 rings (SSSR count). The summed E-state index contributed by atoms with van der Waals surface area (Å²) in [5.74, 6) is 0.932. The zero-order valence-electron chi connectivity index (χ0n) is 14.5. The van der Waals surface area contributed by atoms with E-state index in [0.29, 0.717) is 28.5 Å². The van der Waals surface area contributed by atoms with Crippen molar-refractivity contribution in [2.24, 2.45) is 0 Å². The van der Waals surface area contributed by atoms with E-state index in [4.69, 9.17) is 32.7 Å². The van der Waals surface area contributed by atoms with Gasteiger partial charge in [-0.05, 0) is 24.1 Å². The maximum absolute atomic E-state index is 6.15. The Labute approximate surface area is 158 Å². The zero-order valence-corrected chi connectivity index (χ0v) is 16.1. The molecule has 1 saturated heterocycles. The summed E-state index contributed by atoms with van der Waals surface area (Å²) in [6, 6.07) is 7.50. The van der Waals surface area contributed by atoms with Crippen molar-refractivity contribution in [3.63, 3.8) is 0 Å². The van der Waals surface area contributed by atoms with Crippen LogP contribution in [0.25, 0.3) is 5.69 Å². The molecule has 0 atom stereocenters. The summed E-state index contributed by atoms with van der Waals surface area (Å²) in [6.45, 7) is 9.24. The van der Waals surface area contributed by atoms with E-state index < -0.39 is 0 Å². The highest BCUT2D eigenvalue weighted by Gasteiger charge is 2.15. The Morgan fingerprint density at radius 3 is 2.60 bits per heavy atom. The number of hydrogen-bond donors (Lipinski definition) is 0. The van der Waals surface area contributed by atoms with Crippen molar-refractivity contribution < 1.29 is 9.47 Å². The molecule has 1 aliphatic rings. The Hall–Kier alpha value is -1.27. The lowest BCUT2D eigenvalue weighted by atomic mass is 10.1. The lowest BCUT2D eigenvalue weighted by Gasteiger charge is -2.26. The summed E-state index contributed by atoms with van der Waals surface area (Å²) in [7, 11) is 0. The van der Waals surface area contributed by atoms with Crippen molar-refractivity contribution in [1.29, 1.82) is 0 Å². The molecule has 0 amide bonds. The highest BCUT2D eigenvalue weighted by Crippen LogP contribution is 2.28. The van der Waals surface area contributed by atoms with Crippen LogP contribution in [0.3, 0.4) is 0 Å². The monoisotopic (exact) mass is 383 g/mol. The van der Waals surface area contributed by atoms with E-state index >= 15 is 0 Å². The number of morpholine rings is 1. The van der Waals surface area contributed by atoms with E-state index in [1.54, 1.807) is 6.07 Å². The predicted octanol–water partition coefficient (Wildman–Crippen LogP) is 4.01. The van der Waals surface area contributed by atoms with E-state index in [1.807, 2.05) is 22.9 Å². The van der Waals surface area contributed by atoms with Gasteiger partial charge < -0.3 is 9.47 Å². The highest BCUT2D eigenvalue weighted by molar-refractivity contribution is 6.42. The zero-order chi connectivity index (χ0) is 17.8. The molecule has 136 valence electrons. The number of ether oxygens (including phenoxy) is 2. The van der Waals surface area contributed by atoms with Gasteiger partial charge in [-0.15, -0.1) is 5.10 Å². The van der Waals surface area contributed by atoms with Crippen LogP contribution in [-0.2, 0) is 4.74 Å². The van der Waals surface area contributed by atoms with Gasteiger partial charge >= 0.3 is 0 Å². The molecule has 2 heterocycles.